The average Bonchev–Trinajstić information content (AvgIpc) is 3.55. The smallest absolute Gasteiger partial charge is 0.179 e. The van der Waals surface area contributed by atoms with E-state index < -0.39 is 0 Å². The van der Waals surface area contributed by atoms with Crippen LogP contribution in [0.4, 0.5) is 17.1 Å². The van der Waals surface area contributed by atoms with E-state index >= 15 is 0 Å². The summed E-state index contributed by atoms with van der Waals surface area (Å²) in [4.78, 5) is 4.81. The van der Waals surface area contributed by atoms with E-state index in [0.29, 0.717) is 16.0 Å². The molecule has 0 unspecified atom stereocenters. The second kappa shape index (κ2) is 10.4. The van der Waals surface area contributed by atoms with Crippen LogP contribution in [0.3, 0.4) is 0 Å². The van der Waals surface area contributed by atoms with Crippen molar-refractivity contribution in [2.75, 3.05) is 13.7 Å². The van der Waals surface area contributed by atoms with Crippen LogP contribution < -0.4 is 13.7 Å². The zero-order chi connectivity index (χ0) is 31.4. The van der Waals surface area contributed by atoms with Gasteiger partial charge in [-0.2, -0.15) is 12.1 Å². The zero-order valence-electron chi connectivity index (χ0n) is 27.5. The first-order chi connectivity index (χ1) is 21.4. The molecule has 0 spiro atoms. The van der Waals surface area contributed by atoms with Gasteiger partial charge in [0.2, 0.25) is 0 Å². The van der Waals surface area contributed by atoms with E-state index in [2.05, 4.69) is 145 Å². The molecule has 2 bridgehead atoms. The monoisotopic (exact) mass is 786 g/mol. The summed E-state index contributed by atoms with van der Waals surface area (Å²) in [6, 6.07) is 37.4. The Kier molecular flexibility index (Phi) is 6.96. The van der Waals surface area contributed by atoms with Gasteiger partial charge in [-0.25, -0.2) is 4.98 Å². The summed E-state index contributed by atoms with van der Waals surface area (Å²) < 4.78 is 10.2. The van der Waals surface area contributed by atoms with Gasteiger partial charge >= 0.3 is 0 Å². The molecule has 1 fully saturated rings. The van der Waals surface area contributed by atoms with Gasteiger partial charge in [0.25, 0.3) is 0 Å². The summed E-state index contributed by atoms with van der Waals surface area (Å²) in [6.45, 7) is 16.9. The summed E-state index contributed by atoms with van der Waals surface area (Å²) in [7, 11) is 2.30. The fourth-order valence-corrected chi connectivity index (χ4v) is 7.18. The molecule has 6 aromatic rings. The molecule has 0 saturated carbocycles. The van der Waals surface area contributed by atoms with Crippen molar-refractivity contribution >= 4 is 38.9 Å². The Morgan fingerprint density at radius 2 is 1.48 bits per heavy atom. The molecular weight excluding hydrogens is 748 g/mol. The van der Waals surface area contributed by atoms with Crippen molar-refractivity contribution in [3.05, 3.63) is 121 Å². The molecule has 0 amide bonds. The van der Waals surface area contributed by atoms with Crippen LogP contribution in [0.2, 0.25) is 0 Å². The normalized spacial score (nSPS) is 20.3. The number of rotatable bonds is 4. The number of benzene rings is 4. The van der Waals surface area contributed by atoms with Crippen molar-refractivity contribution in [1.82, 2.24) is 18.5 Å². The Hall–Kier alpha value is -3.76. The molecule has 46 heavy (non-hydrogen) atoms. The van der Waals surface area contributed by atoms with Crippen molar-refractivity contribution in [1.29, 1.82) is 0 Å². The molecule has 5 heterocycles. The van der Waals surface area contributed by atoms with E-state index in [0.717, 1.165) is 39.1 Å². The summed E-state index contributed by atoms with van der Waals surface area (Å²) in [5.74, 6) is 2.21. The Labute approximate surface area is 286 Å². The first kappa shape index (κ1) is 30.9. The third-order valence-electron chi connectivity index (χ3n) is 9.59. The maximum absolute atomic E-state index is 6.52. The van der Waals surface area contributed by atoms with Crippen molar-refractivity contribution in [2.24, 2.45) is 0 Å². The Balaban J connectivity index is 0.00000338. The molecule has 1 saturated heterocycles. The Bertz CT molecular complexity index is 2140. The summed E-state index contributed by atoms with van der Waals surface area (Å²) in [5.41, 5.74) is 8.54. The topological polar surface area (TPSA) is 27.1 Å². The van der Waals surface area contributed by atoms with Gasteiger partial charge < -0.3 is 18.3 Å². The number of pyridine rings is 1. The van der Waals surface area contributed by atoms with Gasteiger partial charge in [0.05, 0.1) is 13.7 Å². The fraction of sp³-hybridized carbons (Fsp3) is 0.250. The van der Waals surface area contributed by atoms with Crippen LogP contribution in [-0.4, -0.2) is 23.3 Å². The van der Waals surface area contributed by atoms with E-state index in [9.17, 15) is 0 Å². The minimum Gasteiger partial charge on any atom is -0.509 e. The van der Waals surface area contributed by atoms with Crippen LogP contribution in [0, 0.1) is 18.8 Å². The van der Waals surface area contributed by atoms with Gasteiger partial charge in [-0.05, 0) is 45.5 Å². The largest absolute Gasteiger partial charge is 0.509 e. The first-order valence-corrected chi connectivity index (χ1v) is 15.7. The third-order valence-corrected chi connectivity index (χ3v) is 9.59. The Morgan fingerprint density at radius 3 is 2.24 bits per heavy atom. The number of hydrogen-bond acceptors (Lipinski definition) is 2. The summed E-state index contributed by atoms with van der Waals surface area (Å²) >= 11 is 0. The number of aromatic nitrogens is 2. The molecule has 9 rings (SSSR count). The van der Waals surface area contributed by atoms with Crippen LogP contribution in [0.1, 0.15) is 52.7 Å². The molecule has 0 N–H and O–H groups in total. The van der Waals surface area contributed by atoms with Gasteiger partial charge in [-0.3, -0.25) is 0 Å². The third kappa shape index (κ3) is 4.67. The van der Waals surface area contributed by atoms with Crippen LogP contribution in [-0.2, 0) is 31.9 Å². The average molecular weight is 787 g/mol. The molecule has 6 heteroatoms. The van der Waals surface area contributed by atoms with E-state index in [1.807, 2.05) is 18.3 Å². The molecule has 0 aliphatic carbocycles. The second-order valence-corrected chi connectivity index (χ2v) is 14.9. The standard InChI is InChI=1S/C40H39N4O.Pt/c1-39(2,3)27-15-18-36-37(21-27)43(7)25-44(36,26-43)29-11-10-12-30(23-29)45-31-16-17-33-32-13-8-9-14-34(32)42(35(33)24-31)38-22-28(19-20-41-38)40(4,5)6;/h8-22,25H,26H2,1-7H3;/q-1;/t43-,44+;/m0./s1. The number of fused-ring (bicyclic) bond motifs is 3. The number of para-hydroxylation sites is 1. The molecular formula is C40H39N4OPt-. The predicted octanol–water partition coefficient (Wildman–Crippen LogP) is 9.84. The number of hydrogen-bond donors (Lipinski definition) is 0. The number of nitrogens with zero attached hydrogens (tertiary/aromatic N) is 4. The molecule has 236 valence electrons. The van der Waals surface area contributed by atoms with E-state index in [-0.39, 0.29) is 31.9 Å². The van der Waals surface area contributed by atoms with Gasteiger partial charge in [0, 0.05) is 62.1 Å². The summed E-state index contributed by atoms with van der Waals surface area (Å²) in [6.07, 6.45) is 1.90. The van der Waals surface area contributed by atoms with Crippen LogP contribution in [0.15, 0.2) is 91.1 Å². The van der Waals surface area contributed by atoms with Crippen molar-refractivity contribution < 1.29 is 25.8 Å². The molecule has 2 aromatic heterocycles. The second-order valence-electron chi connectivity index (χ2n) is 14.9. The van der Waals surface area contributed by atoms with Gasteiger partial charge in [-0.1, -0.05) is 77.4 Å². The van der Waals surface area contributed by atoms with Crippen LogP contribution in [0.25, 0.3) is 27.6 Å². The Morgan fingerprint density at radius 1 is 0.761 bits per heavy atom. The van der Waals surface area contributed by atoms with E-state index in [4.69, 9.17) is 9.72 Å². The maximum Gasteiger partial charge on any atom is 0.179 e. The zero-order valence-corrected chi connectivity index (χ0v) is 29.7. The predicted molar refractivity (Wildman–Crippen MR) is 185 cm³/mol. The van der Waals surface area contributed by atoms with Crippen molar-refractivity contribution in [3.63, 3.8) is 0 Å². The molecule has 0 radical (unpaired) electrons. The minimum absolute atomic E-state index is 0. The molecule has 5 nitrogen and oxygen atoms in total. The van der Waals surface area contributed by atoms with Gasteiger partial charge in [-0.15, -0.1) is 29.7 Å². The summed E-state index contributed by atoms with van der Waals surface area (Å²) in [5, 5.41) is 2.28. The van der Waals surface area contributed by atoms with Gasteiger partial charge in [0.15, 0.2) is 18.0 Å². The van der Waals surface area contributed by atoms with E-state index in [1.54, 1.807) is 0 Å². The molecule has 4 aromatic carbocycles. The maximum atomic E-state index is 6.52. The first-order valence-electron chi connectivity index (χ1n) is 15.7. The SMILES string of the molecule is CC(C)(C)c1ccnc(-n2c3[c-]c(Oc4[c-]c([N@@+]56[CH-][N@@+](C)(C5)c5cc(C(C)(C)C)ccc56)ccc4)ccc3c3ccccc32)c1.[Pt]. The minimum atomic E-state index is 0. The van der Waals surface area contributed by atoms with Gasteiger partial charge in [0.1, 0.15) is 5.82 Å². The fourth-order valence-electron chi connectivity index (χ4n) is 7.18. The molecule has 2 atom stereocenters. The quantitative estimate of drug-likeness (QED) is 0.132. The van der Waals surface area contributed by atoms with E-state index in [1.165, 1.54) is 27.9 Å². The number of ether oxygens (including phenoxy) is 1. The molecule has 3 aliphatic heterocycles. The number of quaternary nitrogens is 2. The van der Waals surface area contributed by atoms with Crippen molar-refractivity contribution in [3.8, 4) is 17.3 Å². The van der Waals surface area contributed by atoms with Crippen molar-refractivity contribution in [2.45, 2.75) is 52.4 Å². The molecule has 3 aliphatic rings. The van der Waals surface area contributed by atoms with Crippen LogP contribution >= 0.6 is 0 Å². The van der Waals surface area contributed by atoms with Crippen LogP contribution in [0.5, 0.6) is 11.5 Å².